The predicted molar refractivity (Wildman–Crippen MR) is 205 cm³/mol. The summed E-state index contributed by atoms with van der Waals surface area (Å²) >= 11 is 15.9. The highest BCUT2D eigenvalue weighted by Gasteiger charge is 2.51. The van der Waals surface area contributed by atoms with Crippen LogP contribution >= 0.6 is 21.5 Å². The first-order valence-electron chi connectivity index (χ1n) is 15.6. The molecule has 0 saturated carbocycles. The van der Waals surface area contributed by atoms with Crippen molar-refractivity contribution in [2.45, 2.75) is 157 Å². The highest BCUT2D eigenvalue weighted by molar-refractivity contribution is 9.08. The van der Waals surface area contributed by atoms with Gasteiger partial charge in [-0.15, -0.1) is 0 Å². The van der Waals surface area contributed by atoms with Crippen LogP contribution in [0, 0.1) is 0 Å². The Morgan fingerprint density at radius 1 is 0.429 bits per heavy atom. The minimum atomic E-state index is -1.97. The molecule has 5 heteroatoms. The summed E-state index contributed by atoms with van der Waals surface area (Å²) in [5.74, 6) is 0.997. The maximum atomic E-state index is 6.89. The van der Waals surface area contributed by atoms with E-state index in [1.54, 1.807) is 0 Å². The van der Waals surface area contributed by atoms with Gasteiger partial charge in [0.1, 0.15) is 0 Å². The maximum absolute atomic E-state index is 6.89. The second kappa shape index (κ2) is 10.8. The van der Waals surface area contributed by atoms with Crippen LogP contribution in [0.5, 0.6) is 0 Å². The summed E-state index contributed by atoms with van der Waals surface area (Å²) < 4.78 is 0. The average molecular weight is 663 g/mol. The Hall–Kier alpha value is 0.0900. The number of hydrogen-bond donors (Lipinski definition) is 0. The number of benzene rings is 2. The molecule has 42 heavy (non-hydrogen) atoms. The van der Waals surface area contributed by atoms with Crippen molar-refractivity contribution in [1.29, 1.82) is 0 Å². The summed E-state index contributed by atoms with van der Waals surface area (Å²) in [6.07, 6.45) is 0. The smallest absolute Gasteiger partial charge is 0.0456 e. The van der Waals surface area contributed by atoms with E-state index >= 15 is 0 Å². The van der Waals surface area contributed by atoms with E-state index < -0.39 is 10.5 Å². The van der Waals surface area contributed by atoms with E-state index in [0.29, 0.717) is 0 Å². The van der Waals surface area contributed by atoms with Crippen LogP contribution in [0.4, 0.5) is 0 Å². The molecule has 1 heterocycles. The lowest BCUT2D eigenvalue weighted by Gasteiger charge is -2.49. The van der Waals surface area contributed by atoms with Gasteiger partial charge in [-0.05, 0) is 65.9 Å². The Bertz CT molecular complexity index is 1270. The molecule has 0 N–H and O–H groups in total. The van der Waals surface area contributed by atoms with Crippen molar-refractivity contribution in [3.05, 3.63) is 57.6 Å². The molecule has 0 bridgehead atoms. The predicted octanol–water partition coefficient (Wildman–Crippen LogP) is 11.9. The largest absolute Gasteiger partial charge is 0.0802 e. The molecule has 236 valence electrons. The monoisotopic (exact) mass is 662 g/mol. The van der Waals surface area contributed by atoms with Crippen molar-refractivity contribution in [2.24, 2.45) is 0 Å². The summed E-state index contributed by atoms with van der Waals surface area (Å²) in [7, 11) is 0. The molecule has 0 nitrogen and oxygen atoms in total. The van der Waals surface area contributed by atoms with E-state index in [2.05, 4.69) is 160 Å². The molecule has 0 spiro atoms. The van der Waals surface area contributed by atoms with Gasteiger partial charge in [-0.1, -0.05) is 184 Å². The fourth-order valence-electron chi connectivity index (χ4n) is 5.83. The topological polar surface area (TPSA) is 0 Å². The van der Waals surface area contributed by atoms with Crippen LogP contribution < -0.4 is 10.6 Å². The summed E-state index contributed by atoms with van der Waals surface area (Å²) in [5, 5.41) is -0.965. The quantitative estimate of drug-likeness (QED) is 0.294. The Morgan fingerprint density at radius 2 is 0.619 bits per heavy atom. The van der Waals surface area contributed by atoms with Crippen molar-refractivity contribution in [1.82, 2.24) is 0 Å². The van der Waals surface area contributed by atoms with E-state index in [0.717, 1.165) is 5.90 Å². The van der Waals surface area contributed by atoms with Crippen LogP contribution in [0.15, 0.2) is 24.3 Å². The molecule has 1 aliphatic rings. The van der Waals surface area contributed by atoms with Crippen LogP contribution in [0.25, 0.3) is 0 Å². The van der Waals surface area contributed by atoms with Crippen molar-refractivity contribution < 1.29 is 0 Å². The fraction of sp³-hybridized carbons (Fsp3) is 0.676. The standard InChI is InChI=1S/C37H60P2S3/c1-32(2,3)24-19-26(34(7,8)9)30(27(20-24)35(10,11)12)38(40)23-39(41,42-38)31-28(36(13,14)15)21-25(33(4,5)6)22-29(31)37(16,17)18/h19-22H,23H2,1-18H3/t38-,39-/m1/s1. The normalized spacial score (nSPS) is 22.7. The first-order chi connectivity index (χ1) is 18.3. The van der Waals surface area contributed by atoms with Crippen LogP contribution in [0.2, 0.25) is 0 Å². The van der Waals surface area contributed by atoms with Gasteiger partial charge in [0.05, 0.1) is 0 Å². The lowest BCUT2D eigenvalue weighted by atomic mass is 9.75. The third kappa shape index (κ3) is 7.22. The Labute approximate surface area is 274 Å². The summed E-state index contributed by atoms with van der Waals surface area (Å²) in [6, 6.07) is 10.0. The Kier molecular flexibility index (Phi) is 9.43. The van der Waals surface area contributed by atoms with Crippen LogP contribution in [0.3, 0.4) is 0 Å². The number of hydrogen-bond acceptors (Lipinski definition) is 3. The third-order valence-electron chi connectivity index (χ3n) is 8.50. The van der Waals surface area contributed by atoms with Gasteiger partial charge in [0.25, 0.3) is 0 Å². The molecule has 1 aliphatic heterocycles. The zero-order valence-electron chi connectivity index (χ0n) is 30.1. The summed E-state index contributed by atoms with van der Waals surface area (Å²) in [6.45, 7) is 42.4. The molecule has 1 fully saturated rings. The second-order valence-electron chi connectivity index (χ2n) is 18.9. The van der Waals surface area contributed by atoms with Crippen molar-refractivity contribution in [3.63, 3.8) is 0 Å². The minimum absolute atomic E-state index is 0.00259. The first kappa shape index (κ1) is 36.6. The molecule has 2 aromatic rings. The lowest BCUT2D eigenvalue weighted by molar-refractivity contribution is 0.553. The second-order valence-corrected chi connectivity index (χ2v) is 34.6. The van der Waals surface area contributed by atoms with Gasteiger partial charge in [0, 0.05) is 27.0 Å². The first-order valence-corrected chi connectivity index (χ1v) is 23.6. The average Bonchev–Trinajstić information content (AvgIpc) is 2.72. The molecule has 0 amide bonds. The highest BCUT2D eigenvalue weighted by atomic mass is 33.2. The van der Waals surface area contributed by atoms with E-state index in [-0.39, 0.29) is 32.5 Å². The van der Waals surface area contributed by atoms with Gasteiger partial charge in [-0.25, -0.2) is 0 Å². The van der Waals surface area contributed by atoms with Crippen molar-refractivity contribution in [3.8, 4) is 0 Å². The molecule has 2 atom stereocenters. The van der Waals surface area contributed by atoms with Gasteiger partial charge in [-0.2, -0.15) is 0 Å². The Balaban J connectivity index is 2.39. The zero-order chi connectivity index (χ0) is 32.9. The van der Waals surface area contributed by atoms with Crippen LogP contribution in [-0.2, 0) is 56.1 Å². The Morgan fingerprint density at radius 3 is 0.762 bits per heavy atom. The molecular weight excluding hydrogens is 603 g/mol. The minimum Gasteiger partial charge on any atom is -0.0802 e. The SMILES string of the molecule is CC(C)(C)c1cc(C(C)(C)C)c([P@@]2(=S)C[P@](=S)(c3c(C(C)(C)C)cc(C(C)(C)C)cc3C(C)(C)C)S2)c(C(C)(C)C)c1. The van der Waals surface area contributed by atoms with Crippen molar-refractivity contribution in [2.75, 3.05) is 5.90 Å². The molecule has 1 saturated heterocycles. The fourth-order valence-corrected chi connectivity index (χ4v) is 36.7. The van der Waals surface area contributed by atoms with E-state index in [1.807, 2.05) is 0 Å². The van der Waals surface area contributed by atoms with E-state index in [1.165, 1.54) is 44.0 Å². The van der Waals surface area contributed by atoms with Gasteiger partial charge < -0.3 is 0 Å². The number of rotatable bonds is 2. The van der Waals surface area contributed by atoms with Gasteiger partial charge in [0.15, 0.2) is 0 Å². The molecule has 0 unspecified atom stereocenters. The molecule has 0 aliphatic carbocycles. The van der Waals surface area contributed by atoms with Crippen molar-refractivity contribution >= 4 is 55.7 Å². The molecular formula is C37H60P2S3. The zero-order valence-corrected chi connectivity index (χ0v) is 34.4. The highest BCUT2D eigenvalue weighted by Crippen LogP contribution is 2.92. The molecule has 0 aromatic heterocycles. The molecule has 2 aromatic carbocycles. The molecule has 3 rings (SSSR count). The molecule has 0 radical (unpaired) electrons. The van der Waals surface area contributed by atoms with E-state index in [9.17, 15) is 0 Å². The maximum Gasteiger partial charge on any atom is 0.0456 e. The van der Waals surface area contributed by atoms with Crippen LogP contribution in [-0.4, -0.2) is 5.90 Å². The summed E-state index contributed by atoms with van der Waals surface area (Å²) in [5.41, 5.74) is 8.79. The third-order valence-corrected chi connectivity index (χ3v) is 30.6. The van der Waals surface area contributed by atoms with Gasteiger partial charge in [-0.3, -0.25) is 0 Å². The van der Waals surface area contributed by atoms with E-state index in [4.69, 9.17) is 23.6 Å². The summed E-state index contributed by atoms with van der Waals surface area (Å²) in [4.78, 5) is 0. The van der Waals surface area contributed by atoms with Crippen LogP contribution in [0.1, 0.15) is 158 Å². The lowest BCUT2D eigenvalue weighted by Crippen LogP contribution is -2.37. The van der Waals surface area contributed by atoms with Gasteiger partial charge in [0.2, 0.25) is 0 Å². The van der Waals surface area contributed by atoms with Gasteiger partial charge >= 0.3 is 0 Å².